The van der Waals surface area contributed by atoms with Crippen LogP contribution in [0.4, 0.5) is 10.1 Å². The molecular formula is C14H17FN2O3. The number of halogens is 1. The molecule has 0 bridgehead atoms. The highest BCUT2D eigenvalue weighted by atomic mass is 19.1. The van der Waals surface area contributed by atoms with Crippen molar-refractivity contribution in [3.63, 3.8) is 0 Å². The molecule has 1 amide bonds. The molecular weight excluding hydrogens is 263 g/mol. The van der Waals surface area contributed by atoms with Gasteiger partial charge in [0.1, 0.15) is 5.82 Å². The Hall–Kier alpha value is -1.95. The minimum atomic E-state index is -0.766. The number of benzene rings is 1. The summed E-state index contributed by atoms with van der Waals surface area (Å²) < 4.78 is 18.0. The Morgan fingerprint density at radius 2 is 2.25 bits per heavy atom. The van der Waals surface area contributed by atoms with Crippen LogP contribution in [0, 0.1) is 11.7 Å². The SMILES string of the molecule is COC(=O)c1cc(NC(=O)C2CCCNC2)ccc1F. The number of anilines is 1. The molecule has 2 N–H and O–H groups in total. The van der Waals surface area contributed by atoms with Crippen molar-refractivity contribution in [1.29, 1.82) is 0 Å². The summed E-state index contributed by atoms with van der Waals surface area (Å²) in [5.74, 6) is -1.66. The summed E-state index contributed by atoms with van der Waals surface area (Å²) in [6.07, 6.45) is 1.78. The number of carbonyl (C=O) groups is 2. The summed E-state index contributed by atoms with van der Waals surface area (Å²) in [6.45, 7) is 1.56. The maximum absolute atomic E-state index is 13.5. The van der Waals surface area contributed by atoms with Crippen LogP contribution in [0.1, 0.15) is 23.2 Å². The average molecular weight is 280 g/mol. The molecule has 1 fully saturated rings. The predicted octanol–water partition coefficient (Wildman–Crippen LogP) is 1.55. The lowest BCUT2D eigenvalue weighted by Crippen LogP contribution is -2.37. The van der Waals surface area contributed by atoms with E-state index in [9.17, 15) is 14.0 Å². The third-order valence-corrected chi connectivity index (χ3v) is 3.31. The number of ether oxygens (including phenoxy) is 1. The van der Waals surface area contributed by atoms with Crippen LogP contribution in [0.25, 0.3) is 0 Å². The Morgan fingerprint density at radius 3 is 2.90 bits per heavy atom. The molecule has 0 aromatic heterocycles. The number of hydrogen-bond acceptors (Lipinski definition) is 4. The number of rotatable bonds is 3. The normalized spacial score (nSPS) is 18.4. The Bertz CT molecular complexity index is 513. The fraction of sp³-hybridized carbons (Fsp3) is 0.429. The van der Waals surface area contributed by atoms with Crippen molar-refractivity contribution in [2.45, 2.75) is 12.8 Å². The van der Waals surface area contributed by atoms with Gasteiger partial charge in [-0.15, -0.1) is 0 Å². The van der Waals surface area contributed by atoms with E-state index in [1.54, 1.807) is 0 Å². The molecule has 1 atom stereocenters. The first-order chi connectivity index (χ1) is 9.61. The van der Waals surface area contributed by atoms with E-state index in [2.05, 4.69) is 15.4 Å². The van der Waals surface area contributed by atoms with Crippen molar-refractivity contribution >= 4 is 17.6 Å². The first kappa shape index (κ1) is 14.5. The zero-order valence-electron chi connectivity index (χ0n) is 11.2. The van der Waals surface area contributed by atoms with Crippen LogP contribution >= 0.6 is 0 Å². The molecule has 108 valence electrons. The van der Waals surface area contributed by atoms with Gasteiger partial charge < -0.3 is 15.4 Å². The summed E-state index contributed by atoms with van der Waals surface area (Å²) in [6, 6.07) is 3.85. The number of hydrogen-bond donors (Lipinski definition) is 2. The van der Waals surface area contributed by atoms with Gasteiger partial charge in [0, 0.05) is 12.2 Å². The van der Waals surface area contributed by atoms with E-state index in [4.69, 9.17) is 0 Å². The Balaban J connectivity index is 2.09. The van der Waals surface area contributed by atoms with Gasteiger partial charge in [0.2, 0.25) is 5.91 Å². The summed E-state index contributed by atoms with van der Waals surface area (Å²) in [5.41, 5.74) is 0.203. The highest BCUT2D eigenvalue weighted by Crippen LogP contribution is 2.18. The van der Waals surface area contributed by atoms with Crippen molar-refractivity contribution in [3.8, 4) is 0 Å². The Morgan fingerprint density at radius 1 is 1.45 bits per heavy atom. The molecule has 1 aliphatic rings. The molecule has 2 rings (SSSR count). The van der Waals surface area contributed by atoms with Gasteiger partial charge in [-0.1, -0.05) is 0 Å². The van der Waals surface area contributed by atoms with E-state index in [0.717, 1.165) is 25.5 Å². The molecule has 0 radical (unpaired) electrons. The lowest BCUT2D eigenvalue weighted by atomic mass is 9.98. The third-order valence-electron chi connectivity index (χ3n) is 3.31. The molecule has 6 heteroatoms. The van der Waals surface area contributed by atoms with Gasteiger partial charge in [-0.3, -0.25) is 4.79 Å². The van der Waals surface area contributed by atoms with Crippen molar-refractivity contribution < 1.29 is 18.7 Å². The van der Waals surface area contributed by atoms with Gasteiger partial charge in [0.15, 0.2) is 0 Å². The van der Waals surface area contributed by atoms with E-state index in [0.29, 0.717) is 12.2 Å². The lowest BCUT2D eigenvalue weighted by molar-refractivity contribution is -0.120. The molecule has 0 spiro atoms. The Labute approximate surface area is 116 Å². The monoisotopic (exact) mass is 280 g/mol. The third kappa shape index (κ3) is 3.33. The topological polar surface area (TPSA) is 67.4 Å². The van der Waals surface area contributed by atoms with Gasteiger partial charge >= 0.3 is 5.97 Å². The fourth-order valence-corrected chi connectivity index (χ4v) is 2.19. The number of methoxy groups -OCH3 is 1. The second-order valence-electron chi connectivity index (χ2n) is 4.72. The van der Waals surface area contributed by atoms with Crippen molar-refractivity contribution in [1.82, 2.24) is 5.32 Å². The molecule has 1 aromatic rings. The maximum Gasteiger partial charge on any atom is 0.340 e. The molecule has 0 aliphatic carbocycles. The molecule has 1 aliphatic heterocycles. The van der Waals surface area contributed by atoms with Gasteiger partial charge in [0.05, 0.1) is 18.6 Å². The van der Waals surface area contributed by atoms with Crippen LogP contribution in [0.5, 0.6) is 0 Å². The van der Waals surface area contributed by atoms with Crippen LogP contribution in [-0.4, -0.2) is 32.1 Å². The maximum atomic E-state index is 13.5. The second kappa shape index (κ2) is 6.47. The van der Waals surface area contributed by atoms with E-state index < -0.39 is 11.8 Å². The number of piperidine rings is 1. The van der Waals surface area contributed by atoms with Gasteiger partial charge in [-0.25, -0.2) is 9.18 Å². The predicted molar refractivity (Wildman–Crippen MR) is 72.0 cm³/mol. The minimum absolute atomic E-state index is 0.102. The van der Waals surface area contributed by atoms with Gasteiger partial charge in [-0.05, 0) is 37.6 Å². The largest absolute Gasteiger partial charge is 0.465 e. The quantitative estimate of drug-likeness (QED) is 0.824. The van der Waals surface area contributed by atoms with Crippen molar-refractivity contribution in [2.75, 3.05) is 25.5 Å². The second-order valence-corrected chi connectivity index (χ2v) is 4.72. The summed E-state index contributed by atoms with van der Waals surface area (Å²) in [4.78, 5) is 23.4. The van der Waals surface area contributed by atoms with E-state index in [-0.39, 0.29) is 17.4 Å². The van der Waals surface area contributed by atoms with Crippen LogP contribution < -0.4 is 10.6 Å². The van der Waals surface area contributed by atoms with E-state index >= 15 is 0 Å². The zero-order valence-corrected chi connectivity index (χ0v) is 11.2. The van der Waals surface area contributed by atoms with Crippen molar-refractivity contribution in [3.05, 3.63) is 29.6 Å². The molecule has 1 heterocycles. The van der Waals surface area contributed by atoms with E-state index in [1.165, 1.54) is 19.2 Å². The highest BCUT2D eigenvalue weighted by Gasteiger charge is 2.21. The number of esters is 1. The van der Waals surface area contributed by atoms with Crippen LogP contribution in [0.15, 0.2) is 18.2 Å². The smallest absolute Gasteiger partial charge is 0.340 e. The molecule has 5 nitrogen and oxygen atoms in total. The van der Waals surface area contributed by atoms with Gasteiger partial charge in [-0.2, -0.15) is 0 Å². The zero-order chi connectivity index (χ0) is 14.5. The molecule has 1 aromatic carbocycles. The standard InChI is InChI=1S/C14H17FN2O3/c1-20-14(19)11-7-10(4-5-12(11)15)17-13(18)9-3-2-6-16-8-9/h4-5,7,9,16H,2-3,6,8H2,1H3,(H,17,18). The molecule has 1 unspecified atom stereocenters. The summed E-state index contributed by atoms with van der Waals surface area (Å²) in [7, 11) is 1.18. The fourth-order valence-electron chi connectivity index (χ4n) is 2.19. The van der Waals surface area contributed by atoms with E-state index in [1.807, 2.05) is 0 Å². The average Bonchev–Trinajstić information content (AvgIpc) is 2.49. The lowest BCUT2D eigenvalue weighted by Gasteiger charge is -2.22. The first-order valence-electron chi connectivity index (χ1n) is 6.51. The Kier molecular flexibility index (Phi) is 4.68. The minimum Gasteiger partial charge on any atom is -0.465 e. The molecule has 1 saturated heterocycles. The van der Waals surface area contributed by atoms with Crippen LogP contribution in [0.2, 0.25) is 0 Å². The number of amides is 1. The summed E-state index contributed by atoms with van der Waals surface area (Å²) >= 11 is 0. The van der Waals surface area contributed by atoms with Crippen molar-refractivity contribution in [2.24, 2.45) is 5.92 Å². The van der Waals surface area contributed by atoms with Gasteiger partial charge in [0.25, 0.3) is 0 Å². The highest BCUT2D eigenvalue weighted by molar-refractivity contribution is 5.95. The van der Waals surface area contributed by atoms with Crippen LogP contribution in [-0.2, 0) is 9.53 Å². The van der Waals surface area contributed by atoms with Crippen LogP contribution in [0.3, 0.4) is 0 Å². The summed E-state index contributed by atoms with van der Waals surface area (Å²) in [5, 5.41) is 5.86. The number of nitrogens with one attached hydrogen (secondary N) is 2. The molecule has 20 heavy (non-hydrogen) atoms. The molecule has 0 saturated carbocycles. The first-order valence-corrected chi connectivity index (χ1v) is 6.51. The number of carbonyl (C=O) groups excluding carboxylic acids is 2.